The molecule has 104 valence electrons. The van der Waals surface area contributed by atoms with Crippen molar-refractivity contribution in [1.82, 2.24) is 0 Å². The summed E-state index contributed by atoms with van der Waals surface area (Å²) in [5.41, 5.74) is 0.597. The van der Waals surface area contributed by atoms with Gasteiger partial charge < -0.3 is 30.5 Å². The Balaban J connectivity index is 2.13. The molecule has 1 aliphatic rings. The van der Waals surface area contributed by atoms with Crippen LogP contribution < -0.4 is 5.32 Å². The van der Waals surface area contributed by atoms with Crippen LogP contribution in [0, 0.1) is 0 Å². The summed E-state index contributed by atoms with van der Waals surface area (Å²) < 4.78 is 5.08. The first kappa shape index (κ1) is 13.8. The first-order chi connectivity index (χ1) is 9.00. The van der Waals surface area contributed by atoms with Gasteiger partial charge in [0.2, 0.25) is 0 Å². The SMILES string of the molecule is O=C(O)[C@H]1OC(Nc2ccccc2)[C@H](O)[C@@H](O)[C@@H]1O. The van der Waals surface area contributed by atoms with Gasteiger partial charge in [0.1, 0.15) is 18.3 Å². The van der Waals surface area contributed by atoms with Gasteiger partial charge in [0.25, 0.3) is 0 Å². The molecule has 5 atom stereocenters. The Labute approximate surface area is 109 Å². The second kappa shape index (κ2) is 5.54. The lowest BCUT2D eigenvalue weighted by atomic mass is 9.98. The number of aliphatic hydroxyl groups excluding tert-OH is 3. The minimum Gasteiger partial charge on any atom is -0.479 e. The van der Waals surface area contributed by atoms with Crippen LogP contribution >= 0.6 is 0 Å². The average Bonchev–Trinajstić information content (AvgIpc) is 2.40. The summed E-state index contributed by atoms with van der Waals surface area (Å²) >= 11 is 0. The zero-order valence-corrected chi connectivity index (χ0v) is 9.88. The lowest BCUT2D eigenvalue weighted by molar-refractivity contribution is -0.221. The van der Waals surface area contributed by atoms with Crippen LogP contribution in [0.5, 0.6) is 0 Å². The van der Waals surface area contributed by atoms with E-state index in [0.29, 0.717) is 5.69 Å². The van der Waals surface area contributed by atoms with Crippen molar-refractivity contribution in [2.75, 3.05) is 5.32 Å². The van der Waals surface area contributed by atoms with E-state index in [1.807, 2.05) is 0 Å². The standard InChI is InChI=1S/C12H15NO6/c14-7-8(15)10(12(17)18)19-11(9(7)16)13-6-4-2-1-3-5-6/h1-5,7-11,13-16H,(H,17,18)/t7-,8-,9+,10-,11?/m0/s1. The van der Waals surface area contributed by atoms with Crippen molar-refractivity contribution in [3.63, 3.8) is 0 Å². The smallest absolute Gasteiger partial charge is 0.335 e. The monoisotopic (exact) mass is 269 g/mol. The molecule has 1 aliphatic heterocycles. The van der Waals surface area contributed by atoms with Crippen molar-refractivity contribution in [3.8, 4) is 0 Å². The Bertz CT molecular complexity index is 439. The predicted molar refractivity (Wildman–Crippen MR) is 64.4 cm³/mol. The van der Waals surface area contributed by atoms with Crippen molar-refractivity contribution in [1.29, 1.82) is 0 Å². The van der Waals surface area contributed by atoms with Crippen LogP contribution in [0.1, 0.15) is 0 Å². The maximum atomic E-state index is 10.9. The van der Waals surface area contributed by atoms with Crippen molar-refractivity contribution in [3.05, 3.63) is 30.3 Å². The molecule has 1 fully saturated rings. The summed E-state index contributed by atoms with van der Waals surface area (Å²) in [5, 5.41) is 40.6. The van der Waals surface area contributed by atoms with Gasteiger partial charge >= 0.3 is 5.97 Å². The summed E-state index contributed by atoms with van der Waals surface area (Å²) in [4.78, 5) is 10.9. The molecule has 1 saturated heterocycles. The first-order valence-corrected chi connectivity index (χ1v) is 5.75. The molecular weight excluding hydrogens is 254 g/mol. The molecular formula is C12H15NO6. The van der Waals surface area contributed by atoms with E-state index < -0.39 is 36.6 Å². The number of anilines is 1. The van der Waals surface area contributed by atoms with Gasteiger partial charge in [0.15, 0.2) is 12.3 Å². The van der Waals surface area contributed by atoms with Crippen LogP contribution in [0.4, 0.5) is 5.69 Å². The molecule has 19 heavy (non-hydrogen) atoms. The van der Waals surface area contributed by atoms with E-state index in [2.05, 4.69) is 5.32 Å². The van der Waals surface area contributed by atoms with Crippen molar-refractivity contribution >= 4 is 11.7 Å². The van der Waals surface area contributed by atoms with Gasteiger partial charge in [-0.05, 0) is 12.1 Å². The van der Waals surface area contributed by atoms with Gasteiger partial charge in [-0.1, -0.05) is 18.2 Å². The number of hydrogen-bond donors (Lipinski definition) is 5. The number of aliphatic carboxylic acids is 1. The molecule has 0 aliphatic carbocycles. The van der Waals surface area contributed by atoms with Gasteiger partial charge in [-0.25, -0.2) is 4.79 Å². The molecule has 7 nitrogen and oxygen atoms in total. The number of hydrogen-bond acceptors (Lipinski definition) is 6. The molecule has 1 heterocycles. The zero-order valence-electron chi connectivity index (χ0n) is 9.88. The summed E-state index contributed by atoms with van der Waals surface area (Å²) in [6, 6.07) is 8.68. The van der Waals surface area contributed by atoms with E-state index >= 15 is 0 Å². The van der Waals surface area contributed by atoms with Crippen LogP contribution in [-0.2, 0) is 9.53 Å². The number of carboxylic acids is 1. The number of para-hydroxylation sites is 1. The number of carbonyl (C=O) groups is 1. The predicted octanol–water partition coefficient (Wildman–Crippen LogP) is -1.01. The molecule has 0 spiro atoms. The highest BCUT2D eigenvalue weighted by atomic mass is 16.6. The second-order valence-corrected chi connectivity index (χ2v) is 4.30. The molecule has 1 aromatic rings. The molecule has 0 amide bonds. The largest absolute Gasteiger partial charge is 0.479 e. The molecule has 0 saturated carbocycles. The summed E-state index contributed by atoms with van der Waals surface area (Å²) in [7, 11) is 0. The molecule has 0 radical (unpaired) electrons. The quantitative estimate of drug-likeness (QED) is 0.477. The Kier molecular flexibility index (Phi) is 4.01. The van der Waals surface area contributed by atoms with E-state index in [1.165, 1.54) is 0 Å². The third-order valence-electron chi connectivity index (χ3n) is 2.94. The molecule has 1 unspecified atom stereocenters. The van der Waals surface area contributed by atoms with Crippen LogP contribution in [0.15, 0.2) is 30.3 Å². The lowest BCUT2D eigenvalue weighted by Crippen LogP contribution is -2.61. The fourth-order valence-corrected chi connectivity index (χ4v) is 1.90. The van der Waals surface area contributed by atoms with E-state index in [-0.39, 0.29) is 0 Å². The molecule has 0 bridgehead atoms. The number of aliphatic hydroxyl groups is 3. The summed E-state index contributed by atoms with van der Waals surface area (Å²) in [6.07, 6.45) is -7.44. The number of nitrogens with one attached hydrogen (secondary N) is 1. The fraction of sp³-hybridized carbons (Fsp3) is 0.417. The lowest BCUT2D eigenvalue weighted by Gasteiger charge is -2.39. The van der Waals surface area contributed by atoms with Gasteiger partial charge in [0, 0.05) is 5.69 Å². The average molecular weight is 269 g/mol. The van der Waals surface area contributed by atoms with E-state index in [0.717, 1.165) is 0 Å². The number of rotatable bonds is 3. The summed E-state index contributed by atoms with van der Waals surface area (Å²) in [5.74, 6) is -1.40. The molecule has 5 N–H and O–H groups in total. The van der Waals surface area contributed by atoms with E-state index in [4.69, 9.17) is 9.84 Å². The van der Waals surface area contributed by atoms with Crippen LogP contribution in [0.3, 0.4) is 0 Å². The Hall–Kier alpha value is -1.67. The Morgan fingerprint density at radius 3 is 2.26 bits per heavy atom. The van der Waals surface area contributed by atoms with E-state index in [9.17, 15) is 20.1 Å². The molecule has 2 rings (SSSR count). The van der Waals surface area contributed by atoms with Gasteiger partial charge in [-0.2, -0.15) is 0 Å². The molecule has 7 heteroatoms. The molecule has 1 aromatic carbocycles. The van der Waals surface area contributed by atoms with Gasteiger partial charge in [-0.15, -0.1) is 0 Å². The van der Waals surface area contributed by atoms with Gasteiger partial charge in [0.05, 0.1) is 0 Å². The fourth-order valence-electron chi connectivity index (χ4n) is 1.90. The van der Waals surface area contributed by atoms with Crippen molar-refractivity contribution in [2.24, 2.45) is 0 Å². The number of benzene rings is 1. The minimum atomic E-state index is -1.68. The summed E-state index contributed by atoms with van der Waals surface area (Å²) in [6.45, 7) is 0. The highest BCUT2D eigenvalue weighted by Crippen LogP contribution is 2.23. The number of carboxylic acid groups (broad SMARTS) is 1. The maximum Gasteiger partial charge on any atom is 0.335 e. The van der Waals surface area contributed by atoms with Gasteiger partial charge in [-0.3, -0.25) is 0 Å². The maximum absolute atomic E-state index is 10.9. The molecule has 0 aromatic heterocycles. The van der Waals surface area contributed by atoms with Crippen LogP contribution in [-0.4, -0.2) is 57.0 Å². The normalized spacial score (nSPS) is 34.8. The minimum absolute atomic E-state index is 0.597. The van der Waals surface area contributed by atoms with Crippen molar-refractivity contribution < 1.29 is 30.0 Å². The van der Waals surface area contributed by atoms with E-state index in [1.54, 1.807) is 30.3 Å². The topological polar surface area (TPSA) is 119 Å². The highest BCUT2D eigenvalue weighted by molar-refractivity contribution is 5.73. The highest BCUT2D eigenvalue weighted by Gasteiger charge is 2.46. The van der Waals surface area contributed by atoms with Crippen molar-refractivity contribution in [2.45, 2.75) is 30.6 Å². The Morgan fingerprint density at radius 1 is 1.05 bits per heavy atom. The second-order valence-electron chi connectivity index (χ2n) is 4.30. The van der Waals surface area contributed by atoms with Crippen LogP contribution in [0.25, 0.3) is 0 Å². The zero-order chi connectivity index (χ0) is 14.0. The third kappa shape index (κ3) is 2.85. The first-order valence-electron chi connectivity index (χ1n) is 5.75. The third-order valence-corrected chi connectivity index (χ3v) is 2.94. The number of ether oxygens (including phenoxy) is 1. The van der Waals surface area contributed by atoms with Crippen LogP contribution in [0.2, 0.25) is 0 Å². The Morgan fingerprint density at radius 2 is 1.68 bits per heavy atom.